The summed E-state index contributed by atoms with van der Waals surface area (Å²) in [6, 6.07) is 9.68. The number of hydrogen-bond acceptors (Lipinski definition) is 23. The van der Waals surface area contributed by atoms with Crippen molar-refractivity contribution in [2.75, 3.05) is 13.2 Å². The van der Waals surface area contributed by atoms with Crippen molar-refractivity contribution in [1.82, 2.24) is 0 Å². The molecule has 2 fully saturated rings. The van der Waals surface area contributed by atoms with E-state index in [0.717, 1.165) is 12.2 Å². The number of aromatic hydroxyl groups is 2. The normalized spacial score (nSPS) is 34.8. The molecular weight excluding hydrogens is 912 g/mol. The molecule has 2 aromatic carbocycles. The topological polar surface area (TPSA) is 448 Å². The van der Waals surface area contributed by atoms with Crippen molar-refractivity contribution in [2.24, 2.45) is 5.92 Å². The largest absolute Gasteiger partial charge is 0.508 e. The number of phenols is 2. The summed E-state index contributed by atoms with van der Waals surface area (Å²) in [5.41, 5.74) is -15.2. The van der Waals surface area contributed by atoms with Crippen molar-refractivity contribution in [3.05, 3.63) is 117 Å². The fraction of sp³-hybridized carbons (Fsp3) is 0.341. The molecule has 4 aliphatic rings. The Morgan fingerprint density at radius 3 is 1.15 bits per heavy atom. The van der Waals surface area contributed by atoms with Crippen LogP contribution in [0, 0.1) is 5.92 Å². The summed E-state index contributed by atoms with van der Waals surface area (Å²) in [7, 11) is 0. The molecule has 2 aromatic rings. The first-order valence-electron chi connectivity index (χ1n) is 20.0. The van der Waals surface area contributed by atoms with Crippen LogP contribution in [0.2, 0.25) is 0 Å². The first-order valence-corrected chi connectivity index (χ1v) is 20.0. The molecule has 0 bridgehead atoms. The number of carbonyl (C=O) groups excluding carboxylic acids is 4. The Morgan fingerprint density at radius 2 is 0.853 bits per heavy atom. The van der Waals surface area contributed by atoms with Gasteiger partial charge in [-0.25, -0.2) is 0 Å². The highest BCUT2D eigenvalue weighted by molar-refractivity contribution is 6.32. The zero-order valence-electron chi connectivity index (χ0n) is 34.7. The standard InChI is InChI=1S/C44H44O24/c45-13-21-28(51)32(55)34(57)40(67-21)43(65)36(59)23(19(49)11-5-15-1-7-17(47)8-2-15)30(53)26(38(43)61)25(42(63)64)27-31(54)24(20(50)12-6-16-3-9-18(48)10-4-16)37(60)44(66,39(27)62)41-35(58)33(56)29(52)22(14-46)68-41/h1-12,21-22,25,28-29,32-35,40-41,45-58,65-66H,13-14H2,(H,63,64)/b11-5+,12-6+,23-19-,24-20+/t21-,22-,25?,28-,29-,32+,33+,34-,35-,40-,41-,43?,44?/m1/s1. The summed E-state index contributed by atoms with van der Waals surface area (Å²) in [6.45, 7) is -2.51. The number of aliphatic hydroxyl groups excluding tert-OH is 12. The molecule has 0 amide bonds. The van der Waals surface area contributed by atoms with Crippen molar-refractivity contribution in [3.8, 4) is 11.5 Å². The average Bonchev–Trinajstić information content (AvgIpc) is 3.30. The number of allylic oxidation sites excluding steroid dienone is 4. The zero-order chi connectivity index (χ0) is 50.5. The van der Waals surface area contributed by atoms with E-state index in [4.69, 9.17) is 9.47 Å². The lowest BCUT2D eigenvalue weighted by atomic mass is 9.64. The van der Waals surface area contributed by atoms with Gasteiger partial charge >= 0.3 is 5.97 Å². The number of ketones is 4. The van der Waals surface area contributed by atoms with Crippen molar-refractivity contribution in [2.45, 2.75) is 72.2 Å². The van der Waals surface area contributed by atoms with E-state index in [0.29, 0.717) is 12.2 Å². The van der Waals surface area contributed by atoms with Gasteiger partial charge < -0.3 is 96.3 Å². The Morgan fingerprint density at radius 1 is 0.529 bits per heavy atom. The summed E-state index contributed by atoms with van der Waals surface area (Å²) >= 11 is 0. The van der Waals surface area contributed by atoms with Gasteiger partial charge in [0.15, 0.2) is 0 Å². The summed E-state index contributed by atoms with van der Waals surface area (Å²) in [5.74, 6) is -22.2. The highest BCUT2D eigenvalue weighted by Crippen LogP contribution is 2.47. The molecule has 2 aliphatic heterocycles. The van der Waals surface area contributed by atoms with Gasteiger partial charge in [-0.3, -0.25) is 24.0 Å². The molecule has 2 saturated heterocycles. The summed E-state index contributed by atoms with van der Waals surface area (Å²) in [4.78, 5) is 72.1. The first kappa shape index (κ1) is 50.8. The quantitative estimate of drug-likeness (QED) is 0.0584. The number of carboxylic acids is 1. The van der Waals surface area contributed by atoms with Gasteiger partial charge in [-0.15, -0.1) is 0 Å². The lowest BCUT2D eigenvalue weighted by Gasteiger charge is -2.48. The minimum absolute atomic E-state index is 0.143. The van der Waals surface area contributed by atoms with Gasteiger partial charge in [0, 0.05) is 0 Å². The smallest absolute Gasteiger partial charge is 0.316 e. The third-order valence-electron chi connectivity index (χ3n) is 11.9. The van der Waals surface area contributed by atoms with E-state index >= 15 is 0 Å². The highest BCUT2D eigenvalue weighted by Gasteiger charge is 2.68. The van der Waals surface area contributed by atoms with Crippen molar-refractivity contribution in [1.29, 1.82) is 0 Å². The number of ether oxygens (including phenoxy) is 2. The predicted molar refractivity (Wildman–Crippen MR) is 221 cm³/mol. The molecular formula is C44H44O24. The van der Waals surface area contributed by atoms with Gasteiger partial charge in [-0.2, -0.15) is 0 Å². The number of phenolic OH excluding ortho intramolecular Hbond substituents is 2. The van der Waals surface area contributed by atoms with E-state index in [1.54, 1.807) is 0 Å². The van der Waals surface area contributed by atoms with E-state index in [9.17, 15) is 111 Å². The Bertz CT molecular complexity index is 2400. The van der Waals surface area contributed by atoms with Crippen LogP contribution in [0.1, 0.15) is 11.1 Å². The van der Waals surface area contributed by atoms with Crippen LogP contribution < -0.4 is 0 Å². The van der Waals surface area contributed by atoms with Crippen LogP contribution in [0.5, 0.6) is 11.5 Å². The van der Waals surface area contributed by atoms with Crippen molar-refractivity contribution >= 4 is 41.3 Å². The molecule has 2 aliphatic carbocycles. The third-order valence-corrected chi connectivity index (χ3v) is 11.9. The lowest BCUT2D eigenvalue weighted by Crippen LogP contribution is -2.72. The van der Waals surface area contributed by atoms with Gasteiger partial charge in [0.2, 0.25) is 34.3 Å². The molecule has 0 spiro atoms. The number of carbonyl (C=O) groups is 5. The third kappa shape index (κ3) is 8.37. The second-order valence-corrected chi connectivity index (χ2v) is 16.0. The minimum atomic E-state index is -4.19. The van der Waals surface area contributed by atoms with Crippen LogP contribution in [0.3, 0.4) is 0 Å². The maximum Gasteiger partial charge on any atom is 0.316 e. The molecule has 0 saturated carbocycles. The molecule has 364 valence electrons. The van der Waals surface area contributed by atoms with E-state index in [-0.39, 0.29) is 22.6 Å². The Hall–Kier alpha value is -6.65. The van der Waals surface area contributed by atoms with Crippen molar-refractivity contribution < 1.29 is 120 Å². The summed E-state index contributed by atoms with van der Waals surface area (Å²) in [5, 5.41) is 186. The number of carboxylic acid groups (broad SMARTS) is 1. The molecule has 24 nitrogen and oxygen atoms in total. The van der Waals surface area contributed by atoms with E-state index in [1.807, 2.05) is 0 Å². The summed E-state index contributed by atoms with van der Waals surface area (Å²) in [6.07, 6.45) is -21.5. The van der Waals surface area contributed by atoms with Crippen LogP contribution in [-0.4, -0.2) is 201 Å². The van der Waals surface area contributed by atoms with Crippen molar-refractivity contribution in [3.63, 3.8) is 0 Å². The average molecular weight is 957 g/mol. The number of hydrogen-bond donors (Lipinski definition) is 17. The summed E-state index contributed by atoms with van der Waals surface area (Å²) < 4.78 is 10.6. The second kappa shape index (κ2) is 19.2. The van der Waals surface area contributed by atoms with Crippen LogP contribution >= 0.6 is 0 Å². The Labute approximate surface area is 381 Å². The lowest BCUT2D eigenvalue weighted by molar-refractivity contribution is -0.260. The molecule has 17 N–H and O–H groups in total. The Balaban J connectivity index is 1.68. The number of aliphatic hydroxyl groups is 14. The van der Waals surface area contributed by atoms with Crippen LogP contribution in [-0.2, 0) is 33.4 Å². The van der Waals surface area contributed by atoms with Gasteiger partial charge in [0.1, 0.15) is 113 Å². The minimum Gasteiger partial charge on any atom is -0.508 e. The molecule has 0 aromatic heterocycles. The molecule has 6 rings (SSSR count). The maximum atomic E-state index is 14.8. The van der Waals surface area contributed by atoms with Crippen LogP contribution in [0.25, 0.3) is 12.2 Å². The van der Waals surface area contributed by atoms with Crippen LogP contribution in [0.15, 0.2) is 106 Å². The van der Waals surface area contributed by atoms with Crippen LogP contribution in [0.4, 0.5) is 0 Å². The SMILES string of the molecule is O=C(O)C(C1=C(O)/C(=C(O)\C=C\c2ccc(O)cc2)C(=O)C(O)([C@@H]2O[C@H](CO)[C@@H](O)[C@H](O)[C@H]2O)C1=O)C1=C(O)/C(=C(O)/C=C/c2ccc(O)cc2)C(=O)C(O)([C@@H]2O[C@H](CO)[C@@H](O)[C@H](O)[C@H]2O)C1=O. The molecule has 13 atom stereocenters. The van der Waals surface area contributed by atoms with E-state index in [2.05, 4.69) is 0 Å². The van der Waals surface area contributed by atoms with Gasteiger partial charge in [-0.05, 0) is 47.5 Å². The van der Waals surface area contributed by atoms with E-state index < -0.39 is 166 Å². The van der Waals surface area contributed by atoms with Gasteiger partial charge in [0.25, 0.3) is 0 Å². The zero-order valence-corrected chi connectivity index (χ0v) is 34.7. The molecule has 3 unspecified atom stereocenters. The van der Waals surface area contributed by atoms with Gasteiger partial charge in [0.05, 0.1) is 24.4 Å². The van der Waals surface area contributed by atoms with E-state index in [1.165, 1.54) is 48.5 Å². The highest BCUT2D eigenvalue weighted by atomic mass is 16.6. The maximum absolute atomic E-state index is 14.8. The number of benzene rings is 2. The van der Waals surface area contributed by atoms with Gasteiger partial charge in [-0.1, -0.05) is 36.4 Å². The number of Topliss-reactive ketones (excluding diaryl/α,β-unsaturated/α-hetero) is 4. The fourth-order valence-electron chi connectivity index (χ4n) is 8.20. The number of rotatable bonds is 11. The molecule has 2 heterocycles. The fourth-order valence-corrected chi connectivity index (χ4v) is 8.20. The Kier molecular flexibility index (Phi) is 14.3. The second-order valence-electron chi connectivity index (χ2n) is 16.0. The molecule has 24 heteroatoms. The monoisotopic (exact) mass is 956 g/mol. The number of aliphatic carboxylic acids is 1. The predicted octanol–water partition coefficient (Wildman–Crippen LogP) is -3.78. The molecule has 0 radical (unpaired) electrons. The first-order chi connectivity index (χ1) is 31.9. The molecule has 68 heavy (non-hydrogen) atoms.